The molecule has 0 saturated carbocycles. The molecule has 0 aromatic heterocycles. The highest BCUT2D eigenvalue weighted by Gasteiger charge is 2.16. The van der Waals surface area contributed by atoms with Gasteiger partial charge in [0.15, 0.2) is 6.10 Å². The summed E-state index contributed by atoms with van der Waals surface area (Å²) >= 11 is 0. The van der Waals surface area contributed by atoms with Gasteiger partial charge in [-0.15, -0.1) is 0 Å². The molecule has 0 aromatic carbocycles. The summed E-state index contributed by atoms with van der Waals surface area (Å²) in [6.07, 6.45) is 103. The number of ether oxygens (including phenoxy) is 2. The van der Waals surface area contributed by atoms with Crippen molar-refractivity contribution in [2.45, 2.75) is 367 Å². The molecule has 1 N–H and O–H groups in total. The van der Waals surface area contributed by atoms with Gasteiger partial charge in [0.05, 0.1) is 6.61 Å². The lowest BCUT2D eigenvalue weighted by molar-refractivity contribution is -0.161. The summed E-state index contributed by atoms with van der Waals surface area (Å²) in [5.41, 5.74) is 0. The Morgan fingerprint density at radius 2 is 0.524 bits per heavy atom. The van der Waals surface area contributed by atoms with Gasteiger partial charge in [-0.25, -0.2) is 0 Å². The normalized spacial score (nSPS) is 12.8. The molecule has 0 spiro atoms. The predicted octanol–water partition coefficient (Wildman–Crippen LogP) is 25.0. The number of aliphatic hydroxyl groups excluding tert-OH is 1. The average Bonchev–Trinajstić information content (AvgIpc) is 3.49. The zero-order chi connectivity index (χ0) is 59.1. The minimum absolute atomic E-state index is 0.0656. The van der Waals surface area contributed by atoms with Gasteiger partial charge in [-0.05, 0) is 96.3 Å². The third-order valence-electron chi connectivity index (χ3n) is 15.9. The molecule has 0 radical (unpaired) electrons. The van der Waals surface area contributed by atoms with Crippen molar-refractivity contribution in [2.24, 2.45) is 0 Å². The van der Waals surface area contributed by atoms with E-state index in [4.69, 9.17) is 9.47 Å². The second kappa shape index (κ2) is 72.1. The fourth-order valence-electron chi connectivity index (χ4n) is 10.5. The maximum Gasteiger partial charge on any atom is 0.306 e. The molecule has 0 aliphatic heterocycles. The van der Waals surface area contributed by atoms with Crippen molar-refractivity contribution >= 4 is 11.9 Å². The maximum atomic E-state index is 12.4. The number of carbonyl (C=O) groups excluding carboxylic acids is 2. The van der Waals surface area contributed by atoms with Gasteiger partial charge in [0.1, 0.15) is 6.61 Å². The van der Waals surface area contributed by atoms with E-state index in [2.05, 4.69) is 111 Å². The fourth-order valence-corrected chi connectivity index (χ4v) is 10.5. The molecule has 0 fully saturated rings. The van der Waals surface area contributed by atoms with Crippen LogP contribution in [0.25, 0.3) is 0 Å². The van der Waals surface area contributed by atoms with Gasteiger partial charge in [0, 0.05) is 12.8 Å². The van der Waals surface area contributed by atoms with Crippen LogP contribution in [0.3, 0.4) is 0 Å². The summed E-state index contributed by atoms with van der Waals surface area (Å²) in [4.78, 5) is 24.7. The van der Waals surface area contributed by atoms with E-state index < -0.39 is 6.10 Å². The van der Waals surface area contributed by atoms with Gasteiger partial charge in [0.25, 0.3) is 0 Å². The Balaban J connectivity index is 3.45. The Morgan fingerprint density at radius 1 is 0.293 bits per heavy atom. The van der Waals surface area contributed by atoms with E-state index in [0.29, 0.717) is 12.8 Å². The zero-order valence-electron chi connectivity index (χ0n) is 54.5. The van der Waals surface area contributed by atoms with Crippen molar-refractivity contribution in [3.63, 3.8) is 0 Å². The molecule has 1 unspecified atom stereocenters. The first-order valence-electron chi connectivity index (χ1n) is 35.8. The monoisotopic (exact) mass is 1140 g/mol. The number of hydrogen-bond donors (Lipinski definition) is 1. The Kier molecular flexibility index (Phi) is 69.3. The highest BCUT2D eigenvalue weighted by Crippen LogP contribution is 2.18. The summed E-state index contributed by atoms with van der Waals surface area (Å²) in [5, 5.41) is 9.71. The second-order valence-electron chi connectivity index (χ2n) is 23.9. The van der Waals surface area contributed by atoms with E-state index in [1.54, 1.807) is 0 Å². The molecule has 0 aliphatic carbocycles. The van der Waals surface area contributed by atoms with Crippen LogP contribution in [0, 0.1) is 0 Å². The third kappa shape index (κ3) is 69.3. The average molecular weight is 1140 g/mol. The van der Waals surface area contributed by atoms with Crippen LogP contribution in [-0.2, 0) is 19.1 Å². The molecule has 1 atom stereocenters. The minimum atomic E-state index is -0.777. The van der Waals surface area contributed by atoms with Gasteiger partial charge in [-0.1, -0.05) is 349 Å². The number of hydrogen-bond acceptors (Lipinski definition) is 5. The lowest BCUT2D eigenvalue weighted by atomic mass is 10.0. The first-order valence-corrected chi connectivity index (χ1v) is 35.8. The van der Waals surface area contributed by atoms with Gasteiger partial charge in [-0.2, -0.15) is 0 Å². The molecule has 0 aliphatic rings. The van der Waals surface area contributed by atoms with Crippen LogP contribution in [-0.4, -0.2) is 36.4 Å². The van der Waals surface area contributed by atoms with Crippen LogP contribution < -0.4 is 0 Å². The first-order chi connectivity index (χ1) is 40.6. The summed E-state index contributed by atoms with van der Waals surface area (Å²) in [7, 11) is 0. The molecule has 0 aromatic rings. The molecule has 0 rings (SSSR count). The largest absolute Gasteiger partial charge is 0.462 e. The van der Waals surface area contributed by atoms with Crippen molar-refractivity contribution in [2.75, 3.05) is 13.2 Å². The molecule has 474 valence electrons. The summed E-state index contributed by atoms with van der Waals surface area (Å²) in [6.45, 7) is 4.07. The van der Waals surface area contributed by atoms with Gasteiger partial charge in [-0.3, -0.25) is 9.59 Å². The van der Waals surface area contributed by atoms with E-state index in [1.165, 1.54) is 250 Å². The van der Waals surface area contributed by atoms with Crippen LogP contribution >= 0.6 is 0 Å². The van der Waals surface area contributed by atoms with E-state index in [0.717, 1.165) is 83.5 Å². The number of aliphatic hydroxyl groups is 1. The smallest absolute Gasteiger partial charge is 0.306 e. The number of carbonyl (C=O) groups is 2. The highest BCUT2D eigenvalue weighted by atomic mass is 16.6. The van der Waals surface area contributed by atoms with Crippen molar-refractivity contribution in [3.05, 3.63) is 97.2 Å². The van der Waals surface area contributed by atoms with Crippen molar-refractivity contribution in [1.82, 2.24) is 0 Å². The van der Waals surface area contributed by atoms with Crippen LogP contribution in [0.1, 0.15) is 361 Å². The van der Waals surface area contributed by atoms with Gasteiger partial charge >= 0.3 is 11.9 Å². The third-order valence-corrected chi connectivity index (χ3v) is 15.9. The van der Waals surface area contributed by atoms with E-state index >= 15 is 0 Å². The standard InChI is InChI=1S/C77H136O5/c1-3-5-7-9-11-13-15-17-19-21-23-25-27-29-31-33-35-37-38-40-42-44-46-48-50-52-54-56-58-60-62-64-66-68-70-72-77(80)82-75(73-78)74-81-76(79)71-69-67-65-63-61-59-57-55-53-51-49-47-45-43-41-39-36-34-32-30-28-26-24-22-20-18-16-14-12-10-8-6-4-2/h5,7,11,13,17,19,22-25,29,31,35,37,40,42,75,78H,3-4,6,8-10,12,14-16,18,20-21,26-28,30,32-34,36,38-39,41,43-74H2,1-2H3/b7-5-,13-11-,19-17-,24-22-,25-23-,31-29-,37-35-,42-40-. The van der Waals surface area contributed by atoms with Crippen molar-refractivity contribution in [3.8, 4) is 0 Å². The number of rotatable bonds is 66. The molecular weight excluding hydrogens is 1000 g/mol. The van der Waals surface area contributed by atoms with Gasteiger partial charge < -0.3 is 14.6 Å². The molecule has 0 saturated heterocycles. The minimum Gasteiger partial charge on any atom is -0.462 e. The van der Waals surface area contributed by atoms with Crippen molar-refractivity contribution in [1.29, 1.82) is 0 Å². The van der Waals surface area contributed by atoms with E-state index in [1.807, 2.05) is 0 Å². The zero-order valence-corrected chi connectivity index (χ0v) is 54.5. The molecule has 5 nitrogen and oxygen atoms in total. The molecule has 0 amide bonds. The SMILES string of the molecule is CC/C=C\C/C=C\C/C=C\C/C=C\C/C=C\C/C=C\C/C=C\CCCCCCCCCCCCCCCC(=O)OC(CO)COC(=O)CCCCCCCCCCCCCCCCCCCCCCC/C=C\CCCCCCCCCC. The van der Waals surface area contributed by atoms with Crippen molar-refractivity contribution < 1.29 is 24.2 Å². The quantitative estimate of drug-likeness (QED) is 0.0373. The lowest BCUT2D eigenvalue weighted by Gasteiger charge is -2.15. The Labute approximate surface area is 510 Å². The lowest BCUT2D eigenvalue weighted by Crippen LogP contribution is -2.28. The number of unbranched alkanes of at least 4 members (excludes halogenated alkanes) is 42. The number of allylic oxidation sites excluding steroid dienone is 16. The molecular formula is C77H136O5. The van der Waals surface area contributed by atoms with E-state index in [-0.39, 0.29) is 25.2 Å². The Morgan fingerprint density at radius 3 is 0.805 bits per heavy atom. The predicted molar refractivity (Wildman–Crippen MR) is 362 cm³/mol. The highest BCUT2D eigenvalue weighted by molar-refractivity contribution is 5.70. The summed E-state index contributed by atoms with van der Waals surface area (Å²) in [6, 6.07) is 0. The molecule has 82 heavy (non-hydrogen) atoms. The summed E-state index contributed by atoms with van der Waals surface area (Å²) < 4.78 is 10.8. The van der Waals surface area contributed by atoms with Crippen LogP contribution in [0.2, 0.25) is 0 Å². The number of esters is 2. The molecule has 0 heterocycles. The first kappa shape index (κ1) is 78.8. The van der Waals surface area contributed by atoms with Crippen LogP contribution in [0.4, 0.5) is 0 Å². The fraction of sp³-hybridized carbons (Fsp3) is 0.766. The van der Waals surface area contributed by atoms with E-state index in [9.17, 15) is 14.7 Å². The molecule has 0 bridgehead atoms. The van der Waals surface area contributed by atoms with Gasteiger partial charge in [0.2, 0.25) is 0 Å². The maximum absolute atomic E-state index is 12.4. The Bertz CT molecular complexity index is 1530. The Hall–Kier alpha value is -3.18. The molecule has 5 heteroatoms. The topological polar surface area (TPSA) is 72.8 Å². The van der Waals surface area contributed by atoms with Crippen LogP contribution in [0.15, 0.2) is 97.2 Å². The second-order valence-corrected chi connectivity index (χ2v) is 23.9. The van der Waals surface area contributed by atoms with Crippen LogP contribution in [0.5, 0.6) is 0 Å². The summed E-state index contributed by atoms with van der Waals surface area (Å²) in [5.74, 6) is -0.578.